The summed E-state index contributed by atoms with van der Waals surface area (Å²) in [6.07, 6.45) is 2.46. The van der Waals surface area contributed by atoms with Crippen molar-refractivity contribution in [2.24, 2.45) is 22.2 Å². The lowest BCUT2D eigenvalue weighted by Gasteiger charge is -2.39. The second-order valence-electron chi connectivity index (χ2n) is 13.6. The zero-order chi connectivity index (χ0) is 28.9. The predicted molar refractivity (Wildman–Crippen MR) is 145 cm³/mol. The van der Waals surface area contributed by atoms with Crippen LogP contribution in [0.5, 0.6) is 11.5 Å². The molecule has 1 aromatic rings. The molecule has 1 aliphatic heterocycles. The molecular formula is C30H44N2O7. The normalized spacial score (nSPS) is 29.2. The number of aliphatic hydroxyl groups is 1. The molecule has 39 heavy (non-hydrogen) atoms. The Balaban J connectivity index is 1.43. The number of fused-ring (bicyclic) bond motifs is 2. The Morgan fingerprint density at radius 1 is 1.13 bits per heavy atom. The predicted octanol–water partition coefficient (Wildman–Crippen LogP) is 3.28. The number of esters is 1. The molecule has 216 valence electrons. The lowest BCUT2D eigenvalue weighted by atomic mass is 9.70. The smallest absolute Gasteiger partial charge is 0.329 e. The molecule has 1 saturated heterocycles. The van der Waals surface area contributed by atoms with Gasteiger partial charge in [-0.3, -0.25) is 9.59 Å². The molecule has 9 heteroatoms. The van der Waals surface area contributed by atoms with Crippen molar-refractivity contribution in [2.45, 2.75) is 104 Å². The zero-order valence-corrected chi connectivity index (χ0v) is 24.0. The van der Waals surface area contributed by atoms with E-state index in [1.165, 1.54) is 23.1 Å². The minimum Gasteiger partial charge on any atom is -0.504 e. The Labute approximate surface area is 230 Å². The zero-order valence-electron chi connectivity index (χ0n) is 24.0. The van der Waals surface area contributed by atoms with Crippen molar-refractivity contribution >= 4 is 17.8 Å². The Hall–Kier alpha value is -2.81. The van der Waals surface area contributed by atoms with Gasteiger partial charge in [0.15, 0.2) is 11.5 Å². The van der Waals surface area contributed by atoms with Crippen molar-refractivity contribution in [3.63, 3.8) is 0 Å². The molecule has 0 spiro atoms. The Bertz CT molecular complexity index is 1130. The molecule has 0 aromatic heterocycles. The Morgan fingerprint density at radius 3 is 2.38 bits per heavy atom. The second kappa shape index (κ2) is 10.3. The van der Waals surface area contributed by atoms with Gasteiger partial charge in [-0.25, -0.2) is 4.79 Å². The number of nitrogens with one attached hydrogen (secondary N) is 1. The van der Waals surface area contributed by atoms with Crippen LogP contribution < -0.4 is 5.32 Å². The van der Waals surface area contributed by atoms with Crippen molar-refractivity contribution in [3.05, 3.63) is 23.8 Å². The maximum atomic E-state index is 13.8. The monoisotopic (exact) mass is 544 g/mol. The van der Waals surface area contributed by atoms with Gasteiger partial charge < -0.3 is 30.3 Å². The van der Waals surface area contributed by atoms with Gasteiger partial charge in [-0.1, -0.05) is 47.6 Å². The number of benzene rings is 1. The van der Waals surface area contributed by atoms with Crippen LogP contribution in [0.15, 0.2) is 18.2 Å². The number of ether oxygens (including phenoxy) is 1. The van der Waals surface area contributed by atoms with Crippen LogP contribution in [0.3, 0.4) is 0 Å². The van der Waals surface area contributed by atoms with Crippen LogP contribution in [-0.4, -0.2) is 68.8 Å². The van der Waals surface area contributed by atoms with Gasteiger partial charge in [0.25, 0.3) is 0 Å². The van der Waals surface area contributed by atoms with Gasteiger partial charge >= 0.3 is 5.97 Å². The van der Waals surface area contributed by atoms with Gasteiger partial charge in [0.05, 0.1) is 0 Å². The summed E-state index contributed by atoms with van der Waals surface area (Å²) >= 11 is 0. The molecule has 5 unspecified atom stereocenters. The molecule has 0 radical (unpaired) electrons. The number of phenolic OH excluding ortho intramolecular Hbond substituents is 2. The first-order chi connectivity index (χ1) is 18.1. The van der Waals surface area contributed by atoms with Crippen LogP contribution in [0, 0.1) is 22.2 Å². The van der Waals surface area contributed by atoms with Crippen molar-refractivity contribution in [1.82, 2.24) is 10.2 Å². The van der Waals surface area contributed by atoms with Gasteiger partial charge in [0.1, 0.15) is 24.3 Å². The maximum absolute atomic E-state index is 13.8. The minimum atomic E-state index is -1.48. The SMILES string of the molecule is CC(C)(C)C(NC(=O)C(O)Cc1ccc(O)c(O)c1)C(=O)N1CCCC1C(=O)OC1CC2CC[C@@]1(C)C2(C)C. The molecule has 1 aromatic carbocycles. The average Bonchev–Trinajstić information content (AvgIpc) is 3.47. The van der Waals surface area contributed by atoms with E-state index in [-0.39, 0.29) is 46.7 Å². The van der Waals surface area contributed by atoms with E-state index in [0.717, 1.165) is 19.3 Å². The van der Waals surface area contributed by atoms with Crippen molar-refractivity contribution in [2.75, 3.05) is 6.54 Å². The molecule has 2 amide bonds. The highest BCUT2D eigenvalue weighted by molar-refractivity contribution is 5.92. The molecule has 9 nitrogen and oxygen atoms in total. The number of carbonyl (C=O) groups excluding carboxylic acids is 3. The first kappa shape index (κ1) is 29.2. The maximum Gasteiger partial charge on any atom is 0.329 e. The molecule has 2 aliphatic carbocycles. The third kappa shape index (κ3) is 5.34. The summed E-state index contributed by atoms with van der Waals surface area (Å²) in [6, 6.07) is 2.38. The molecular weight excluding hydrogens is 500 g/mol. The van der Waals surface area contributed by atoms with Gasteiger partial charge in [-0.15, -0.1) is 0 Å². The van der Waals surface area contributed by atoms with E-state index in [1.54, 1.807) is 0 Å². The first-order valence-corrected chi connectivity index (χ1v) is 14.1. The number of hydrogen-bond acceptors (Lipinski definition) is 7. The number of carbonyl (C=O) groups is 3. The fourth-order valence-electron chi connectivity index (χ4n) is 6.87. The van der Waals surface area contributed by atoms with Gasteiger partial charge in [0, 0.05) is 18.4 Å². The number of rotatable bonds is 7. The van der Waals surface area contributed by atoms with Crippen LogP contribution in [0.4, 0.5) is 0 Å². The van der Waals surface area contributed by atoms with Crippen molar-refractivity contribution in [1.29, 1.82) is 0 Å². The number of amides is 2. The van der Waals surface area contributed by atoms with E-state index < -0.39 is 29.5 Å². The molecule has 6 atom stereocenters. The lowest BCUT2D eigenvalue weighted by Crippen LogP contribution is -2.58. The highest BCUT2D eigenvalue weighted by atomic mass is 16.5. The lowest BCUT2D eigenvalue weighted by molar-refractivity contribution is -0.165. The van der Waals surface area contributed by atoms with Crippen molar-refractivity contribution < 1.29 is 34.4 Å². The second-order valence-corrected chi connectivity index (χ2v) is 13.6. The van der Waals surface area contributed by atoms with E-state index in [9.17, 15) is 29.7 Å². The standard InChI is InChI=1S/C30H44N2O7/c1-28(2,3)24(31-25(36)22(35)15-17-9-10-20(33)21(34)14-17)26(37)32-13-7-8-19(32)27(38)39-23-16-18-11-12-30(23,6)29(18,4)5/h9-10,14,18-19,22-24,33-35H,7-8,11-13,15-16H2,1-6H3,(H,31,36)/t18?,19?,22?,23?,24?,30-/m1/s1. The number of phenols is 2. The molecule has 3 aliphatic rings. The van der Waals surface area contributed by atoms with Crippen molar-refractivity contribution in [3.8, 4) is 11.5 Å². The number of aliphatic hydroxyl groups excluding tert-OH is 1. The molecule has 3 fully saturated rings. The Morgan fingerprint density at radius 2 is 1.82 bits per heavy atom. The third-order valence-corrected chi connectivity index (χ3v) is 9.95. The van der Waals surface area contributed by atoms with E-state index in [0.29, 0.717) is 30.9 Å². The van der Waals surface area contributed by atoms with Crippen LogP contribution in [-0.2, 0) is 25.5 Å². The molecule has 2 saturated carbocycles. The fourth-order valence-corrected chi connectivity index (χ4v) is 6.87. The fraction of sp³-hybridized carbons (Fsp3) is 0.700. The number of hydrogen-bond donors (Lipinski definition) is 4. The van der Waals surface area contributed by atoms with Gasteiger partial charge in [0.2, 0.25) is 11.8 Å². The summed E-state index contributed by atoms with van der Waals surface area (Å²) in [5.74, 6) is -1.60. The third-order valence-electron chi connectivity index (χ3n) is 9.95. The summed E-state index contributed by atoms with van der Waals surface area (Å²) < 4.78 is 6.12. The summed E-state index contributed by atoms with van der Waals surface area (Å²) in [5, 5.41) is 32.5. The summed E-state index contributed by atoms with van der Waals surface area (Å²) in [4.78, 5) is 41.7. The van der Waals surface area contributed by atoms with Crippen LogP contribution >= 0.6 is 0 Å². The van der Waals surface area contributed by atoms with Gasteiger partial charge in [-0.2, -0.15) is 0 Å². The summed E-state index contributed by atoms with van der Waals surface area (Å²) in [6.45, 7) is 12.6. The number of aromatic hydroxyl groups is 2. The highest BCUT2D eigenvalue weighted by Crippen LogP contribution is 2.66. The van der Waals surface area contributed by atoms with Crippen LogP contribution in [0.25, 0.3) is 0 Å². The van der Waals surface area contributed by atoms with Crippen LogP contribution in [0.1, 0.15) is 79.2 Å². The highest BCUT2D eigenvalue weighted by Gasteiger charge is 2.63. The van der Waals surface area contributed by atoms with Gasteiger partial charge in [-0.05, 0) is 66.5 Å². The van der Waals surface area contributed by atoms with E-state index in [2.05, 4.69) is 26.1 Å². The molecule has 4 rings (SSSR count). The van der Waals surface area contributed by atoms with E-state index in [1.807, 2.05) is 20.8 Å². The molecule has 1 heterocycles. The molecule has 2 bridgehead atoms. The summed E-state index contributed by atoms with van der Waals surface area (Å²) in [5.41, 5.74) is -0.216. The number of likely N-dealkylation sites (tertiary alicyclic amines) is 1. The number of nitrogens with zero attached hydrogens (tertiary/aromatic N) is 1. The van der Waals surface area contributed by atoms with E-state index in [4.69, 9.17) is 4.74 Å². The van der Waals surface area contributed by atoms with Crippen LogP contribution in [0.2, 0.25) is 0 Å². The summed E-state index contributed by atoms with van der Waals surface area (Å²) in [7, 11) is 0. The topological polar surface area (TPSA) is 136 Å². The Kier molecular flexibility index (Phi) is 7.71. The van der Waals surface area contributed by atoms with E-state index >= 15 is 0 Å². The molecule has 4 N–H and O–H groups in total. The minimum absolute atomic E-state index is 0.0763. The quantitative estimate of drug-likeness (QED) is 0.305. The average molecular weight is 545 g/mol. The first-order valence-electron chi connectivity index (χ1n) is 14.1. The largest absolute Gasteiger partial charge is 0.504 e.